The second kappa shape index (κ2) is 5.65. The largest absolute Gasteiger partial charge is 0.453 e. The van der Waals surface area contributed by atoms with Crippen LogP contribution in [0.15, 0.2) is 0 Å². The molecule has 1 amide bonds. The van der Waals surface area contributed by atoms with E-state index in [0.717, 1.165) is 4.31 Å². The molecular weight excluding hydrogens is 246 g/mol. The number of amides is 1. The molecule has 0 aliphatic carbocycles. The number of carbonyl (C=O) groups is 1. The first-order chi connectivity index (χ1) is 7.86. The monoisotopic (exact) mass is 265 g/mol. The van der Waals surface area contributed by atoms with Crippen LogP contribution in [0.1, 0.15) is 12.8 Å². The third-order valence-electron chi connectivity index (χ3n) is 2.72. The predicted molar refractivity (Wildman–Crippen MR) is 62.7 cm³/mol. The highest BCUT2D eigenvalue weighted by molar-refractivity contribution is 7.87. The van der Waals surface area contributed by atoms with E-state index in [1.54, 1.807) is 4.90 Å². The number of nitrogens with zero attached hydrogens (tertiary/aromatic N) is 2. The minimum absolute atomic E-state index is 0.122. The zero-order valence-corrected chi connectivity index (χ0v) is 11.2. The van der Waals surface area contributed by atoms with Crippen molar-refractivity contribution < 1.29 is 17.9 Å². The summed E-state index contributed by atoms with van der Waals surface area (Å²) in [7, 11) is 0.900. The lowest BCUT2D eigenvalue weighted by Crippen LogP contribution is -2.49. The molecule has 1 aliphatic heterocycles. The van der Waals surface area contributed by atoms with Gasteiger partial charge < -0.3 is 9.64 Å². The quantitative estimate of drug-likeness (QED) is 0.754. The normalized spacial score (nSPS) is 18.5. The Hall–Kier alpha value is -0.860. The van der Waals surface area contributed by atoms with E-state index in [4.69, 9.17) is 0 Å². The van der Waals surface area contributed by atoms with Gasteiger partial charge in [-0.1, -0.05) is 0 Å². The van der Waals surface area contributed by atoms with E-state index >= 15 is 0 Å². The molecule has 0 radical (unpaired) electrons. The highest BCUT2D eigenvalue weighted by Crippen LogP contribution is 2.12. The Morgan fingerprint density at radius 2 is 1.88 bits per heavy atom. The number of rotatable bonds is 3. The van der Waals surface area contributed by atoms with E-state index in [2.05, 4.69) is 9.46 Å². The summed E-state index contributed by atoms with van der Waals surface area (Å²) in [4.78, 5) is 12.8. The Morgan fingerprint density at radius 1 is 1.35 bits per heavy atom. The van der Waals surface area contributed by atoms with Gasteiger partial charge in [-0.2, -0.15) is 17.4 Å². The highest BCUT2D eigenvalue weighted by Gasteiger charge is 2.26. The summed E-state index contributed by atoms with van der Waals surface area (Å²) >= 11 is 0. The number of piperidine rings is 1. The number of hydrogen-bond donors (Lipinski definition) is 1. The molecule has 1 aliphatic rings. The summed E-state index contributed by atoms with van der Waals surface area (Å²) in [5.74, 6) is 0. The van der Waals surface area contributed by atoms with Crippen LogP contribution in [0, 0.1) is 0 Å². The van der Waals surface area contributed by atoms with E-state index in [1.165, 1.54) is 21.2 Å². The Kier molecular flexibility index (Phi) is 4.72. The van der Waals surface area contributed by atoms with Crippen molar-refractivity contribution in [3.05, 3.63) is 0 Å². The van der Waals surface area contributed by atoms with Gasteiger partial charge in [0.15, 0.2) is 0 Å². The SMILES string of the molecule is COC(=O)N1CCC(NS(=O)(=O)N(C)C)CC1. The van der Waals surface area contributed by atoms with Gasteiger partial charge in [0.2, 0.25) is 0 Å². The first-order valence-electron chi connectivity index (χ1n) is 5.39. The van der Waals surface area contributed by atoms with Crippen molar-refractivity contribution in [2.24, 2.45) is 0 Å². The van der Waals surface area contributed by atoms with Gasteiger partial charge in [-0.05, 0) is 12.8 Å². The molecule has 7 nitrogen and oxygen atoms in total. The molecular formula is C9H19N3O4S. The van der Waals surface area contributed by atoms with Crippen LogP contribution in [0.2, 0.25) is 0 Å². The number of ether oxygens (including phenoxy) is 1. The second-order valence-electron chi connectivity index (χ2n) is 4.14. The fraction of sp³-hybridized carbons (Fsp3) is 0.889. The number of likely N-dealkylation sites (tertiary alicyclic amines) is 1. The maximum absolute atomic E-state index is 11.6. The molecule has 1 fully saturated rings. The molecule has 0 saturated carbocycles. The minimum atomic E-state index is -3.39. The summed E-state index contributed by atoms with van der Waals surface area (Å²) < 4.78 is 31.5. The van der Waals surface area contributed by atoms with E-state index < -0.39 is 10.2 Å². The van der Waals surface area contributed by atoms with Crippen LogP contribution in [0.4, 0.5) is 4.79 Å². The summed E-state index contributed by atoms with van der Waals surface area (Å²) in [6.07, 6.45) is 0.837. The number of hydrogen-bond acceptors (Lipinski definition) is 4. The molecule has 17 heavy (non-hydrogen) atoms. The lowest BCUT2D eigenvalue weighted by molar-refractivity contribution is 0.111. The average molecular weight is 265 g/mol. The third-order valence-corrected chi connectivity index (χ3v) is 4.32. The van der Waals surface area contributed by atoms with Crippen molar-refractivity contribution in [1.29, 1.82) is 0 Å². The Balaban J connectivity index is 2.46. The van der Waals surface area contributed by atoms with Gasteiger partial charge >= 0.3 is 6.09 Å². The van der Waals surface area contributed by atoms with Crippen molar-refractivity contribution in [3.63, 3.8) is 0 Å². The van der Waals surface area contributed by atoms with Gasteiger partial charge in [0.25, 0.3) is 10.2 Å². The van der Waals surface area contributed by atoms with Crippen LogP contribution in [0.3, 0.4) is 0 Å². The van der Waals surface area contributed by atoms with Crippen LogP contribution in [0.5, 0.6) is 0 Å². The fourth-order valence-electron chi connectivity index (χ4n) is 1.63. The standard InChI is InChI=1S/C9H19N3O4S/c1-11(2)17(14,15)10-8-4-6-12(7-5-8)9(13)16-3/h8,10H,4-7H2,1-3H3. The van der Waals surface area contributed by atoms with Crippen LogP contribution >= 0.6 is 0 Å². The lowest BCUT2D eigenvalue weighted by atomic mass is 10.1. The van der Waals surface area contributed by atoms with Gasteiger partial charge in [0, 0.05) is 33.2 Å². The highest BCUT2D eigenvalue weighted by atomic mass is 32.2. The predicted octanol–water partition coefficient (Wildman–Crippen LogP) is -0.387. The fourth-order valence-corrected chi connectivity index (χ4v) is 2.49. The third kappa shape index (κ3) is 3.83. The molecule has 0 spiro atoms. The summed E-state index contributed by atoms with van der Waals surface area (Å²) in [6.45, 7) is 1.01. The van der Waals surface area contributed by atoms with Gasteiger partial charge in [0.05, 0.1) is 7.11 Å². The van der Waals surface area contributed by atoms with E-state index in [1.807, 2.05) is 0 Å². The molecule has 1 rings (SSSR count). The Morgan fingerprint density at radius 3 is 2.29 bits per heavy atom. The van der Waals surface area contributed by atoms with Gasteiger partial charge in [-0.15, -0.1) is 0 Å². The number of nitrogens with one attached hydrogen (secondary N) is 1. The van der Waals surface area contributed by atoms with Crippen LogP contribution < -0.4 is 4.72 Å². The molecule has 8 heteroatoms. The molecule has 100 valence electrons. The van der Waals surface area contributed by atoms with Crippen molar-refractivity contribution in [2.45, 2.75) is 18.9 Å². The maximum atomic E-state index is 11.6. The lowest BCUT2D eigenvalue weighted by Gasteiger charge is -2.31. The first kappa shape index (κ1) is 14.2. The number of methoxy groups -OCH3 is 1. The molecule has 0 aromatic heterocycles. The zero-order valence-electron chi connectivity index (χ0n) is 10.3. The molecule has 0 aromatic rings. The van der Waals surface area contributed by atoms with Gasteiger partial charge in [0.1, 0.15) is 0 Å². The van der Waals surface area contributed by atoms with Crippen LogP contribution in [-0.4, -0.2) is 64.1 Å². The smallest absolute Gasteiger partial charge is 0.409 e. The molecule has 1 saturated heterocycles. The Labute approximate surface area is 102 Å². The topological polar surface area (TPSA) is 79.0 Å². The van der Waals surface area contributed by atoms with E-state index in [0.29, 0.717) is 25.9 Å². The van der Waals surface area contributed by atoms with Crippen molar-refractivity contribution in [3.8, 4) is 0 Å². The van der Waals surface area contributed by atoms with Gasteiger partial charge in [-0.3, -0.25) is 0 Å². The molecule has 0 aromatic carbocycles. The second-order valence-corrected chi connectivity index (χ2v) is 6.05. The summed E-state index contributed by atoms with van der Waals surface area (Å²) in [5.41, 5.74) is 0. The molecule has 1 N–H and O–H groups in total. The minimum Gasteiger partial charge on any atom is -0.453 e. The maximum Gasteiger partial charge on any atom is 0.409 e. The molecule has 0 bridgehead atoms. The first-order valence-corrected chi connectivity index (χ1v) is 6.83. The van der Waals surface area contributed by atoms with Crippen molar-refractivity contribution in [1.82, 2.24) is 13.9 Å². The van der Waals surface area contributed by atoms with Crippen molar-refractivity contribution in [2.75, 3.05) is 34.3 Å². The van der Waals surface area contributed by atoms with E-state index in [9.17, 15) is 13.2 Å². The van der Waals surface area contributed by atoms with E-state index in [-0.39, 0.29) is 12.1 Å². The Bertz CT molecular complexity index is 360. The van der Waals surface area contributed by atoms with Crippen LogP contribution in [0.25, 0.3) is 0 Å². The molecule has 0 atom stereocenters. The molecule has 0 unspecified atom stereocenters. The summed E-state index contributed by atoms with van der Waals surface area (Å²) in [5, 5.41) is 0. The zero-order chi connectivity index (χ0) is 13.1. The number of carbonyl (C=O) groups excluding carboxylic acids is 1. The summed E-state index contributed by atoms with van der Waals surface area (Å²) in [6, 6.07) is -0.122. The van der Waals surface area contributed by atoms with Crippen LogP contribution in [-0.2, 0) is 14.9 Å². The van der Waals surface area contributed by atoms with Gasteiger partial charge in [-0.25, -0.2) is 4.79 Å². The van der Waals surface area contributed by atoms with Crippen molar-refractivity contribution >= 4 is 16.3 Å². The molecule has 1 heterocycles. The average Bonchev–Trinajstić information content (AvgIpc) is 2.28.